The highest BCUT2D eigenvalue weighted by molar-refractivity contribution is 6.22. The molecule has 1 atom stereocenters. The number of carbonyl (C=O) groups excluding carboxylic acids is 2. The zero-order valence-corrected chi connectivity index (χ0v) is 13.4. The van der Waals surface area contributed by atoms with Gasteiger partial charge in [-0.15, -0.1) is 0 Å². The van der Waals surface area contributed by atoms with Crippen LogP contribution in [0.4, 0.5) is 5.69 Å². The predicted molar refractivity (Wildman–Crippen MR) is 96.5 cm³/mol. The van der Waals surface area contributed by atoms with Gasteiger partial charge in [-0.1, -0.05) is 60.7 Å². The van der Waals surface area contributed by atoms with Crippen molar-refractivity contribution < 1.29 is 9.59 Å². The van der Waals surface area contributed by atoms with Crippen LogP contribution in [0.3, 0.4) is 0 Å². The lowest BCUT2D eigenvalue weighted by Crippen LogP contribution is -2.20. The van der Waals surface area contributed by atoms with Crippen molar-refractivity contribution in [1.29, 1.82) is 0 Å². The maximum atomic E-state index is 12.4. The number of hydrogen-bond acceptors (Lipinski definition) is 3. The fourth-order valence-corrected chi connectivity index (χ4v) is 3.43. The molecule has 1 aliphatic rings. The molecule has 4 nitrogen and oxygen atoms in total. The van der Waals surface area contributed by atoms with Gasteiger partial charge in [0.1, 0.15) is 0 Å². The quantitative estimate of drug-likeness (QED) is 0.440. The molecule has 3 aromatic carbocycles. The molecule has 3 aromatic rings. The van der Waals surface area contributed by atoms with E-state index in [1.807, 2.05) is 60.7 Å². The van der Waals surface area contributed by atoms with Gasteiger partial charge in [0.05, 0.1) is 11.1 Å². The Morgan fingerprint density at radius 1 is 0.720 bits per heavy atom. The number of hydrogen-bond donors (Lipinski definition) is 2. The second-order valence-electron chi connectivity index (χ2n) is 6.03. The molecule has 1 unspecified atom stereocenters. The molecule has 2 amide bonds. The summed E-state index contributed by atoms with van der Waals surface area (Å²) in [7, 11) is 0. The van der Waals surface area contributed by atoms with Crippen LogP contribution >= 0.6 is 0 Å². The predicted octanol–water partition coefficient (Wildman–Crippen LogP) is 3.33. The van der Waals surface area contributed by atoms with Crippen molar-refractivity contribution in [3.8, 4) is 0 Å². The molecule has 0 bridgehead atoms. The van der Waals surface area contributed by atoms with E-state index in [4.69, 9.17) is 5.73 Å². The summed E-state index contributed by atoms with van der Waals surface area (Å²) in [6, 6.07) is 22.9. The van der Waals surface area contributed by atoms with Crippen LogP contribution < -0.4 is 11.1 Å². The molecule has 0 spiro atoms. The monoisotopic (exact) mass is 328 g/mol. The topological polar surface area (TPSA) is 72.2 Å². The van der Waals surface area contributed by atoms with E-state index in [1.165, 1.54) is 0 Å². The number of fused-ring (bicyclic) bond motifs is 1. The average molecular weight is 328 g/mol. The Morgan fingerprint density at radius 3 is 2.16 bits per heavy atom. The molecule has 1 heterocycles. The van der Waals surface area contributed by atoms with Crippen LogP contribution in [0.2, 0.25) is 0 Å². The van der Waals surface area contributed by atoms with E-state index in [-0.39, 0.29) is 17.7 Å². The first-order chi connectivity index (χ1) is 12.2. The van der Waals surface area contributed by atoms with Crippen LogP contribution in [-0.4, -0.2) is 11.8 Å². The van der Waals surface area contributed by atoms with Gasteiger partial charge in [0.15, 0.2) is 0 Å². The molecule has 25 heavy (non-hydrogen) atoms. The Balaban J connectivity index is 2.00. The normalized spacial score (nSPS) is 14.1. The van der Waals surface area contributed by atoms with E-state index >= 15 is 0 Å². The van der Waals surface area contributed by atoms with Crippen molar-refractivity contribution in [1.82, 2.24) is 5.32 Å². The van der Waals surface area contributed by atoms with Crippen molar-refractivity contribution >= 4 is 17.5 Å². The minimum absolute atomic E-state index is 0.228. The average Bonchev–Trinajstić information content (AvgIpc) is 2.93. The van der Waals surface area contributed by atoms with Gasteiger partial charge in [-0.3, -0.25) is 14.9 Å². The lowest BCUT2D eigenvalue weighted by atomic mass is 9.81. The molecule has 0 aliphatic carbocycles. The maximum Gasteiger partial charge on any atom is 0.259 e. The number of para-hydroxylation sites is 1. The summed E-state index contributed by atoms with van der Waals surface area (Å²) in [4.78, 5) is 24.4. The highest BCUT2D eigenvalue weighted by Gasteiger charge is 2.33. The van der Waals surface area contributed by atoms with E-state index < -0.39 is 0 Å². The number of anilines is 1. The summed E-state index contributed by atoms with van der Waals surface area (Å²) in [5, 5.41) is 2.39. The molecule has 1 aliphatic heterocycles. The van der Waals surface area contributed by atoms with E-state index in [1.54, 1.807) is 12.1 Å². The van der Waals surface area contributed by atoms with Crippen molar-refractivity contribution in [2.75, 3.05) is 5.73 Å². The molecule has 0 saturated carbocycles. The van der Waals surface area contributed by atoms with Gasteiger partial charge in [0.25, 0.3) is 11.8 Å². The fourth-order valence-electron chi connectivity index (χ4n) is 3.43. The van der Waals surface area contributed by atoms with E-state index in [9.17, 15) is 9.59 Å². The molecule has 0 fully saturated rings. The third kappa shape index (κ3) is 2.48. The first-order valence-electron chi connectivity index (χ1n) is 8.04. The van der Waals surface area contributed by atoms with E-state index in [0.717, 1.165) is 16.7 Å². The third-order valence-corrected chi connectivity index (χ3v) is 4.55. The molecule has 3 N–H and O–H groups in total. The van der Waals surface area contributed by atoms with Gasteiger partial charge < -0.3 is 5.73 Å². The zero-order valence-electron chi connectivity index (χ0n) is 13.4. The van der Waals surface area contributed by atoms with Gasteiger partial charge in [0, 0.05) is 11.6 Å². The second kappa shape index (κ2) is 5.91. The molecule has 0 aromatic heterocycles. The van der Waals surface area contributed by atoms with Crippen LogP contribution in [0.1, 0.15) is 43.3 Å². The van der Waals surface area contributed by atoms with Crippen LogP contribution in [0, 0.1) is 0 Å². The summed E-state index contributed by atoms with van der Waals surface area (Å²) in [6.07, 6.45) is 0. The Morgan fingerprint density at radius 2 is 1.40 bits per heavy atom. The zero-order chi connectivity index (χ0) is 17.4. The summed E-state index contributed by atoms with van der Waals surface area (Å²) in [5.41, 5.74) is 10.4. The minimum atomic E-state index is -0.356. The molecule has 122 valence electrons. The number of amides is 2. The second-order valence-corrected chi connectivity index (χ2v) is 6.03. The number of nitrogens with one attached hydrogen (secondary N) is 1. The maximum absolute atomic E-state index is 12.4. The summed E-state index contributed by atoms with van der Waals surface area (Å²) in [5.74, 6) is -0.935. The van der Waals surface area contributed by atoms with Crippen molar-refractivity contribution in [3.63, 3.8) is 0 Å². The number of nitrogen functional groups attached to an aromatic ring is 1. The highest BCUT2D eigenvalue weighted by atomic mass is 16.2. The lowest BCUT2D eigenvalue weighted by molar-refractivity contribution is 0.0879. The van der Waals surface area contributed by atoms with Crippen LogP contribution in [0.15, 0.2) is 72.8 Å². The molecular formula is C21H16N2O2. The molecular weight excluding hydrogens is 312 g/mol. The van der Waals surface area contributed by atoms with Gasteiger partial charge in [-0.05, 0) is 28.8 Å². The largest absolute Gasteiger partial charge is 0.398 e. The van der Waals surface area contributed by atoms with E-state index in [2.05, 4.69) is 5.32 Å². The molecule has 0 saturated heterocycles. The SMILES string of the molecule is Nc1ccccc1C(c1ccccc1)c1cccc2c1C(=O)NC2=O. The standard InChI is InChI=1S/C21H16N2O2/c22-17-12-5-4-9-14(17)18(13-7-2-1-3-8-13)15-10-6-11-16-19(15)21(25)23-20(16)24/h1-12,18H,22H2,(H,23,24,25). The van der Waals surface area contributed by atoms with Crippen molar-refractivity contribution in [2.24, 2.45) is 0 Å². The Labute approximate surface area is 145 Å². The fraction of sp³-hybridized carbons (Fsp3) is 0.0476. The van der Waals surface area contributed by atoms with Crippen LogP contribution in [0.5, 0.6) is 0 Å². The molecule has 0 radical (unpaired) electrons. The van der Waals surface area contributed by atoms with Gasteiger partial charge in [-0.2, -0.15) is 0 Å². The molecule has 4 rings (SSSR count). The van der Waals surface area contributed by atoms with Gasteiger partial charge >= 0.3 is 0 Å². The van der Waals surface area contributed by atoms with E-state index in [0.29, 0.717) is 16.8 Å². The first kappa shape index (κ1) is 15.1. The van der Waals surface area contributed by atoms with Crippen molar-refractivity contribution in [2.45, 2.75) is 5.92 Å². The number of imide groups is 1. The number of rotatable bonds is 3. The van der Waals surface area contributed by atoms with Crippen molar-refractivity contribution in [3.05, 3.63) is 101 Å². The van der Waals surface area contributed by atoms with Crippen LogP contribution in [0.25, 0.3) is 0 Å². The smallest absolute Gasteiger partial charge is 0.259 e. The lowest BCUT2D eigenvalue weighted by Gasteiger charge is -2.22. The number of carbonyl (C=O) groups is 2. The Kier molecular flexibility index (Phi) is 3.58. The summed E-state index contributed by atoms with van der Waals surface area (Å²) < 4.78 is 0. The summed E-state index contributed by atoms with van der Waals surface area (Å²) in [6.45, 7) is 0. The Bertz CT molecular complexity index is 980. The van der Waals surface area contributed by atoms with Crippen LogP contribution in [-0.2, 0) is 0 Å². The number of benzene rings is 3. The Hall–Kier alpha value is -3.40. The van der Waals surface area contributed by atoms with Gasteiger partial charge in [0.2, 0.25) is 0 Å². The van der Waals surface area contributed by atoms with Gasteiger partial charge in [-0.25, -0.2) is 0 Å². The highest BCUT2D eigenvalue weighted by Crippen LogP contribution is 2.38. The molecule has 4 heteroatoms. The third-order valence-electron chi connectivity index (χ3n) is 4.55. The number of nitrogens with two attached hydrogens (primary N) is 1. The minimum Gasteiger partial charge on any atom is -0.398 e. The summed E-state index contributed by atoms with van der Waals surface area (Å²) >= 11 is 0. The first-order valence-corrected chi connectivity index (χ1v) is 8.04.